The predicted molar refractivity (Wildman–Crippen MR) is 72.8 cm³/mol. The summed E-state index contributed by atoms with van der Waals surface area (Å²) in [6.45, 7) is 0. The Kier molecular flexibility index (Phi) is 3.91. The lowest BCUT2D eigenvalue weighted by atomic mass is 10.1. The van der Waals surface area contributed by atoms with Gasteiger partial charge >= 0.3 is 0 Å². The van der Waals surface area contributed by atoms with Crippen molar-refractivity contribution < 1.29 is 9.59 Å². The number of hydrogen-bond donors (Lipinski definition) is 1. The number of rotatable bonds is 3. The van der Waals surface area contributed by atoms with Crippen LogP contribution in [0.15, 0.2) is 29.2 Å². The van der Waals surface area contributed by atoms with E-state index in [4.69, 9.17) is 0 Å². The van der Waals surface area contributed by atoms with Crippen LogP contribution in [0.2, 0.25) is 0 Å². The van der Waals surface area contributed by atoms with Crippen LogP contribution >= 0.6 is 11.8 Å². The molecule has 1 fully saturated rings. The second-order valence-corrected chi connectivity index (χ2v) is 5.72. The van der Waals surface area contributed by atoms with Gasteiger partial charge in [0.05, 0.1) is 5.25 Å². The number of hydrogen-bond acceptors (Lipinski definition) is 4. The van der Waals surface area contributed by atoms with E-state index >= 15 is 0 Å². The average molecular weight is 264 g/mol. The fourth-order valence-electron chi connectivity index (χ4n) is 1.77. The van der Waals surface area contributed by atoms with Gasteiger partial charge in [-0.2, -0.15) is 0 Å². The van der Waals surface area contributed by atoms with Gasteiger partial charge in [0, 0.05) is 31.1 Å². The topological polar surface area (TPSA) is 49.4 Å². The van der Waals surface area contributed by atoms with Crippen molar-refractivity contribution in [3.63, 3.8) is 0 Å². The standard InChI is InChI=1S/C13H16N2O2S/c1-15(2)9-3-5-10(6-4-9)18-11-7-8-12(16)14-13(11)17/h3-6,11H,7-8H2,1-2H3,(H,14,16,17). The maximum atomic E-state index is 11.6. The molecule has 5 heteroatoms. The average Bonchev–Trinajstić information content (AvgIpc) is 2.33. The number of benzene rings is 1. The summed E-state index contributed by atoms with van der Waals surface area (Å²) in [5.74, 6) is -0.340. The summed E-state index contributed by atoms with van der Waals surface area (Å²) >= 11 is 1.51. The minimum atomic E-state index is -0.173. The Morgan fingerprint density at radius 3 is 2.44 bits per heavy atom. The zero-order chi connectivity index (χ0) is 13.1. The molecule has 1 heterocycles. The minimum Gasteiger partial charge on any atom is -0.378 e. The SMILES string of the molecule is CN(C)c1ccc(SC2CCC(=O)NC2=O)cc1. The number of carbonyl (C=O) groups excluding carboxylic acids is 2. The van der Waals surface area contributed by atoms with Gasteiger partial charge in [-0.15, -0.1) is 11.8 Å². The van der Waals surface area contributed by atoms with Crippen molar-refractivity contribution in [2.75, 3.05) is 19.0 Å². The third-order valence-corrected chi connectivity index (χ3v) is 4.10. The summed E-state index contributed by atoms with van der Waals surface area (Å²) in [5, 5.41) is 2.21. The molecule has 96 valence electrons. The van der Waals surface area contributed by atoms with Gasteiger partial charge in [0.1, 0.15) is 0 Å². The molecule has 1 aliphatic rings. The first-order chi connectivity index (χ1) is 8.56. The highest BCUT2D eigenvalue weighted by atomic mass is 32.2. The first kappa shape index (κ1) is 13.0. The molecule has 1 aromatic carbocycles. The largest absolute Gasteiger partial charge is 0.378 e. The van der Waals surface area contributed by atoms with Crippen LogP contribution in [0.3, 0.4) is 0 Å². The van der Waals surface area contributed by atoms with E-state index < -0.39 is 0 Å². The third kappa shape index (κ3) is 3.04. The van der Waals surface area contributed by atoms with Crippen molar-refractivity contribution in [2.45, 2.75) is 23.0 Å². The fourth-order valence-corrected chi connectivity index (χ4v) is 2.80. The quantitative estimate of drug-likeness (QED) is 0.843. The summed E-state index contributed by atoms with van der Waals surface area (Å²) in [6, 6.07) is 8.05. The summed E-state index contributed by atoms with van der Waals surface area (Å²) < 4.78 is 0. The first-order valence-electron chi connectivity index (χ1n) is 5.84. The van der Waals surface area contributed by atoms with Gasteiger partial charge in [-0.05, 0) is 30.7 Å². The van der Waals surface area contributed by atoms with Gasteiger partial charge < -0.3 is 4.90 Å². The van der Waals surface area contributed by atoms with Gasteiger partial charge in [-0.1, -0.05) is 0 Å². The molecule has 2 rings (SSSR count). The molecule has 4 nitrogen and oxygen atoms in total. The van der Waals surface area contributed by atoms with Crippen LogP contribution in [0.4, 0.5) is 5.69 Å². The maximum Gasteiger partial charge on any atom is 0.240 e. The van der Waals surface area contributed by atoms with Crippen LogP contribution in [-0.2, 0) is 9.59 Å². The number of anilines is 1. The van der Waals surface area contributed by atoms with Gasteiger partial charge in [0.2, 0.25) is 11.8 Å². The molecule has 0 radical (unpaired) electrons. The van der Waals surface area contributed by atoms with E-state index in [1.54, 1.807) is 0 Å². The van der Waals surface area contributed by atoms with Crippen LogP contribution in [0.25, 0.3) is 0 Å². The summed E-state index contributed by atoms with van der Waals surface area (Å²) in [6.07, 6.45) is 1.05. The van der Waals surface area contributed by atoms with E-state index in [2.05, 4.69) is 5.32 Å². The normalized spacial score (nSPS) is 19.6. The Morgan fingerprint density at radius 1 is 1.22 bits per heavy atom. The van der Waals surface area contributed by atoms with Crippen molar-refractivity contribution in [2.24, 2.45) is 0 Å². The van der Waals surface area contributed by atoms with E-state index in [1.165, 1.54) is 11.8 Å². The van der Waals surface area contributed by atoms with Crippen LogP contribution in [0.5, 0.6) is 0 Å². The number of nitrogens with one attached hydrogen (secondary N) is 1. The van der Waals surface area contributed by atoms with Crippen molar-refractivity contribution in [3.05, 3.63) is 24.3 Å². The minimum absolute atomic E-state index is 0.159. The smallest absolute Gasteiger partial charge is 0.240 e. The molecule has 0 aromatic heterocycles. The molecule has 0 saturated carbocycles. The third-order valence-electron chi connectivity index (χ3n) is 2.82. The molecular formula is C13H16N2O2S. The van der Waals surface area contributed by atoms with Crippen molar-refractivity contribution >= 4 is 29.3 Å². The molecule has 0 bridgehead atoms. The molecule has 1 aliphatic heterocycles. The Labute approximate surface area is 111 Å². The van der Waals surface area contributed by atoms with Crippen molar-refractivity contribution in [3.8, 4) is 0 Å². The van der Waals surface area contributed by atoms with Gasteiger partial charge in [0.25, 0.3) is 0 Å². The van der Waals surface area contributed by atoms with Crippen LogP contribution in [0, 0.1) is 0 Å². The predicted octanol–water partition coefficient (Wildman–Crippen LogP) is 1.65. The summed E-state index contributed by atoms with van der Waals surface area (Å²) in [5.41, 5.74) is 1.13. The monoisotopic (exact) mass is 264 g/mol. The molecule has 1 saturated heterocycles. The second-order valence-electron chi connectivity index (χ2n) is 4.45. The summed E-state index contributed by atoms with van der Waals surface area (Å²) in [4.78, 5) is 25.7. The Balaban J connectivity index is 2.01. The van der Waals surface area contributed by atoms with Crippen LogP contribution in [0.1, 0.15) is 12.8 Å². The number of piperidine rings is 1. The Hall–Kier alpha value is -1.49. The highest BCUT2D eigenvalue weighted by Gasteiger charge is 2.27. The maximum absolute atomic E-state index is 11.6. The fraction of sp³-hybridized carbons (Fsp3) is 0.385. The van der Waals surface area contributed by atoms with Crippen molar-refractivity contribution in [1.82, 2.24) is 5.32 Å². The number of nitrogens with zero attached hydrogens (tertiary/aromatic N) is 1. The first-order valence-corrected chi connectivity index (χ1v) is 6.72. The van der Waals surface area contributed by atoms with E-state index in [1.807, 2.05) is 43.3 Å². The molecule has 1 atom stereocenters. The molecule has 2 amide bonds. The molecule has 1 N–H and O–H groups in total. The Morgan fingerprint density at radius 2 is 1.89 bits per heavy atom. The number of thioether (sulfide) groups is 1. The lowest BCUT2D eigenvalue weighted by Gasteiger charge is -2.20. The lowest BCUT2D eigenvalue weighted by Crippen LogP contribution is -2.42. The molecule has 0 spiro atoms. The molecule has 0 aliphatic carbocycles. The highest BCUT2D eigenvalue weighted by molar-refractivity contribution is 8.00. The van der Waals surface area contributed by atoms with E-state index in [9.17, 15) is 9.59 Å². The van der Waals surface area contributed by atoms with E-state index in [0.717, 1.165) is 10.6 Å². The van der Waals surface area contributed by atoms with Gasteiger partial charge in [0.15, 0.2) is 0 Å². The molecule has 18 heavy (non-hydrogen) atoms. The zero-order valence-electron chi connectivity index (χ0n) is 10.5. The highest BCUT2D eigenvalue weighted by Crippen LogP contribution is 2.29. The van der Waals surface area contributed by atoms with E-state index in [-0.39, 0.29) is 17.1 Å². The van der Waals surface area contributed by atoms with Crippen molar-refractivity contribution in [1.29, 1.82) is 0 Å². The molecule has 1 aromatic rings. The number of amides is 2. The zero-order valence-corrected chi connectivity index (χ0v) is 11.3. The molecule has 1 unspecified atom stereocenters. The number of carbonyl (C=O) groups is 2. The van der Waals surface area contributed by atoms with E-state index in [0.29, 0.717) is 12.8 Å². The number of imide groups is 1. The lowest BCUT2D eigenvalue weighted by molar-refractivity contribution is -0.132. The Bertz CT molecular complexity index is 457. The summed E-state index contributed by atoms with van der Waals surface area (Å²) in [7, 11) is 3.98. The van der Waals surface area contributed by atoms with Gasteiger partial charge in [-0.3, -0.25) is 14.9 Å². The van der Waals surface area contributed by atoms with Crippen LogP contribution in [-0.4, -0.2) is 31.2 Å². The van der Waals surface area contributed by atoms with Gasteiger partial charge in [-0.25, -0.2) is 0 Å². The molecular weight excluding hydrogens is 248 g/mol. The van der Waals surface area contributed by atoms with Crippen LogP contribution < -0.4 is 10.2 Å². The second kappa shape index (κ2) is 5.44.